The van der Waals surface area contributed by atoms with Crippen LogP contribution in [0, 0.1) is 0 Å². The molecule has 1 atom stereocenters. The van der Waals surface area contributed by atoms with Crippen LogP contribution < -0.4 is 5.32 Å². The first kappa shape index (κ1) is 23.2. The Kier molecular flexibility index (Phi) is 6.97. The van der Waals surface area contributed by atoms with Gasteiger partial charge in [-0.1, -0.05) is 0 Å². The maximum atomic E-state index is 12.4. The standard InChI is InChI=1S/C20H29N5O5S/c1-14(20(27)25-9-11-30-12-10-25)21-19(26)8-7-18-22-16-13-15(31(28,29)23(2)3)5-6-17(16)24(18)4/h5-6,13-14H,7-12H2,1-4H3,(H,21,26). The topological polar surface area (TPSA) is 114 Å². The third-order valence-electron chi connectivity index (χ3n) is 5.37. The fourth-order valence-corrected chi connectivity index (χ4v) is 4.40. The van der Waals surface area contributed by atoms with Crippen LogP contribution in [0.15, 0.2) is 23.1 Å². The summed E-state index contributed by atoms with van der Waals surface area (Å²) in [6, 6.07) is 4.20. The van der Waals surface area contributed by atoms with Crippen LogP contribution in [0.5, 0.6) is 0 Å². The quantitative estimate of drug-likeness (QED) is 0.640. The molecule has 0 bridgehead atoms. The van der Waals surface area contributed by atoms with E-state index in [9.17, 15) is 18.0 Å². The molecule has 2 amide bonds. The Bertz CT molecular complexity index is 1070. The van der Waals surface area contributed by atoms with Gasteiger partial charge in [0.25, 0.3) is 0 Å². The van der Waals surface area contributed by atoms with Crippen molar-refractivity contribution in [2.75, 3.05) is 40.4 Å². The molecule has 2 heterocycles. The van der Waals surface area contributed by atoms with Crippen LogP contribution in [0.25, 0.3) is 11.0 Å². The summed E-state index contributed by atoms with van der Waals surface area (Å²) >= 11 is 0. The summed E-state index contributed by atoms with van der Waals surface area (Å²) in [7, 11) is 1.23. The Morgan fingerprint density at radius 1 is 1.26 bits per heavy atom. The summed E-state index contributed by atoms with van der Waals surface area (Å²) in [5.41, 5.74) is 1.33. The first-order valence-electron chi connectivity index (χ1n) is 10.1. The Morgan fingerprint density at radius 3 is 2.58 bits per heavy atom. The van der Waals surface area contributed by atoms with E-state index in [-0.39, 0.29) is 23.1 Å². The van der Waals surface area contributed by atoms with Crippen molar-refractivity contribution < 1.29 is 22.7 Å². The molecule has 1 saturated heterocycles. The van der Waals surface area contributed by atoms with E-state index in [1.165, 1.54) is 20.2 Å². The van der Waals surface area contributed by atoms with E-state index in [0.29, 0.717) is 44.1 Å². The second-order valence-corrected chi connectivity index (χ2v) is 9.90. The van der Waals surface area contributed by atoms with Crippen molar-refractivity contribution in [1.82, 2.24) is 24.1 Å². The second-order valence-electron chi connectivity index (χ2n) is 7.75. The van der Waals surface area contributed by atoms with Gasteiger partial charge in [-0.2, -0.15) is 0 Å². The summed E-state index contributed by atoms with van der Waals surface area (Å²) in [5, 5.41) is 2.75. The highest BCUT2D eigenvalue weighted by molar-refractivity contribution is 7.89. The van der Waals surface area contributed by atoms with E-state index in [2.05, 4.69) is 10.3 Å². The molecule has 1 aliphatic rings. The summed E-state index contributed by atoms with van der Waals surface area (Å²) in [5.74, 6) is 0.308. The zero-order chi connectivity index (χ0) is 22.8. The van der Waals surface area contributed by atoms with Gasteiger partial charge in [0.2, 0.25) is 21.8 Å². The van der Waals surface area contributed by atoms with Crippen molar-refractivity contribution in [2.45, 2.75) is 30.7 Å². The minimum absolute atomic E-state index is 0.117. The number of carbonyl (C=O) groups excluding carboxylic acids is 2. The number of nitrogens with one attached hydrogen (secondary N) is 1. The number of nitrogens with zero attached hydrogens (tertiary/aromatic N) is 4. The van der Waals surface area contributed by atoms with E-state index in [1.807, 2.05) is 11.6 Å². The van der Waals surface area contributed by atoms with Crippen molar-refractivity contribution in [3.8, 4) is 0 Å². The van der Waals surface area contributed by atoms with E-state index in [0.717, 1.165) is 9.82 Å². The van der Waals surface area contributed by atoms with Gasteiger partial charge in [-0.25, -0.2) is 17.7 Å². The lowest BCUT2D eigenvalue weighted by Crippen LogP contribution is -2.50. The molecule has 170 valence electrons. The number of fused-ring (bicyclic) bond motifs is 1. The van der Waals surface area contributed by atoms with Gasteiger partial charge in [-0.15, -0.1) is 0 Å². The summed E-state index contributed by atoms with van der Waals surface area (Å²) in [6.45, 7) is 3.76. The van der Waals surface area contributed by atoms with Crippen LogP contribution in [0.1, 0.15) is 19.2 Å². The highest BCUT2D eigenvalue weighted by Gasteiger charge is 2.24. The molecule has 11 heteroatoms. The molecule has 1 aromatic carbocycles. The van der Waals surface area contributed by atoms with Crippen LogP contribution in [0.4, 0.5) is 0 Å². The number of morpholine rings is 1. The predicted molar refractivity (Wildman–Crippen MR) is 115 cm³/mol. The molecule has 0 radical (unpaired) electrons. The van der Waals surface area contributed by atoms with Gasteiger partial charge in [0.05, 0.1) is 29.1 Å². The number of carbonyl (C=O) groups is 2. The molecular weight excluding hydrogens is 422 g/mol. The van der Waals surface area contributed by atoms with Gasteiger partial charge in [-0.3, -0.25) is 9.59 Å². The van der Waals surface area contributed by atoms with Gasteiger partial charge in [0.1, 0.15) is 11.9 Å². The molecule has 31 heavy (non-hydrogen) atoms. The molecule has 1 aliphatic heterocycles. The maximum Gasteiger partial charge on any atom is 0.245 e. The Labute approximate surface area is 182 Å². The van der Waals surface area contributed by atoms with Crippen LogP contribution in [-0.4, -0.2) is 85.4 Å². The van der Waals surface area contributed by atoms with Crippen LogP contribution in [0.2, 0.25) is 0 Å². The minimum Gasteiger partial charge on any atom is -0.378 e. The number of aryl methyl sites for hydroxylation is 2. The fraction of sp³-hybridized carbons (Fsp3) is 0.550. The van der Waals surface area contributed by atoms with E-state index >= 15 is 0 Å². The van der Waals surface area contributed by atoms with Gasteiger partial charge in [0, 0.05) is 47.1 Å². The van der Waals surface area contributed by atoms with Crippen molar-refractivity contribution in [1.29, 1.82) is 0 Å². The van der Waals surface area contributed by atoms with Gasteiger partial charge in [-0.05, 0) is 25.1 Å². The molecule has 0 saturated carbocycles. The monoisotopic (exact) mass is 451 g/mol. The molecule has 1 unspecified atom stereocenters. The Hall–Kier alpha value is -2.50. The molecule has 10 nitrogen and oxygen atoms in total. The molecule has 0 aliphatic carbocycles. The van der Waals surface area contributed by atoms with Crippen molar-refractivity contribution in [3.63, 3.8) is 0 Å². The lowest BCUT2D eigenvalue weighted by molar-refractivity contribution is -0.139. The van der Waals surface area contributed by atoms with Crippen molar-refractivity contribution >= 4 is 32.9 Å². The van der Waals surface area contributed by atoms with E-state index < -0.39 is 16.1 Å². The molecule has 0 spiro atoms. The maximum absolute atomic E-state index is 12.4. The van der Waals surface area contributed by atoms with E-state index in [1.54, 1.807) is 24.0 Å². The number of imidazole rings is 1. The number of benzene rings is 1. The number of hydrogen-bond donors (Lipinski definition) is 1. The largest absolute Gasteiger partial charge is 0.378 e. The van der Waals surface area contributed by atoms with E-state index in [4.69, 9.17) is 4.74 Å². The summed E-state index contributed by atoms with van der Waals surface area (Å²) < 4.78 is 33.0. The third kappa shape index (κ3) is 5.05. The SMILES string of the molecule is CC(NC(=O)CCc1nc2cc(S(=O)(=O)N(C)C)ccc2n1C)C(=O)N1CCOCC1. The normalized spacial score (nSPS) is 16.0. The smallest absolute Gasteiger partial charge is 0.245 e. The fourth-order valence-electron chi connectivity index (χ4n) is 3.48. The molecule has 1 fully saturated rings. The second kappa shape index (κ2) is 9.33. The van der Waals surface area contributed by atoms with Gasteiger partial charge >= 0.3 is 0 Å². The number of aromatic nitrogens is 2. The van der Waals surface area contributed by atoms with Crippen LogP contribution in [-0.2, 0) is 37.8 Å². The lowest BCUT2D eigenvalue weighted by atomic mass is 10.2. The number of hydrogen-bond acceptors (Lipinski definition) is 6. The lowest BCUT2D eigenvalue weighted by Gasteiger charge is -2.29. The Morgan fingerprint density at radius 2 is 1.94 bits per heavy atom. The first-order chi connectivity index (χ1) is 14.6. The zero-order valence-electron chi connectivity index (χ0n) is 18.3. The first-order valence-corrected chi connectivity index (χ1v) is 11.6. The average molecular weight is 452 g/mol. The molecule has 1 N–H and O–H groups in total. The number of sulfonamides is 1. The van der Waals surface area contributed by atoms with Crippen molar-refractivity contribution in [2.24, 2.45) is 7.05 Å². The molecule has 3 rings (SSSR count). The molecule has 2 aromatic rings. The summed E-state index contributed by atoms with van der Waals surface area (Å²) in [4.78, 5) is 31.2. The average Bonchev–Trinajstić information content (AvgIpc) is 3.07. The number of amides is 2. The molecule has 1 aromatic heterocycles. The number of ether oxygens (including phenoxy) is 1. The number of rotatable bonds is 7. The third-order valence-corrected chi connectivity index (χ3v) is 7.18. The van der Waals surface area contributed by atoms with Crippen LogP contribution in [0.3, 0.4) is 0 Å². The highest BCUT2D eigenvalue weighted by Crippen LogP contribution is 2.21. The highest BCUT2D eigenvalue weighted by atomic mass is 32.2. The van der Waals surface area contributed by atoms with Gasteiger partial charge in [0.15, 0.2) is 0 Å². The summed E-state index contributed by atoms with van der Waals surface area (Å²) in [6.07, 6.45) is 0.534. The van der Waals surface area contributed by atoms with Gasteiger partial charge < -0.3 is 19.5 Å². The minimum atomic E-state index is -3.55. The zero-order valence-corrected chi connectivity index (χ0v) is 19.1. The van der Waals surface area contributed by atoms with Crippen LogP contribution >= 0.6 is 0 Å². The Balaban J connectivity index is 1.64. The van der Waals surface area contributed by atoms with Crippen molar-refractivity contribution in [3.05, 3.63) is 24.0 Å². The predicted octanol–water partition coefficient (Wildman–Crippen LogP) is 0.120. The molecular formula is C20H29N5O5S.